The maximum absolute atomic E-state index is 13.6. The van der Waals surface area contributed by atoms with Crippen LogP contribution in [0.3, 0.4) is 0 Å². The molecule has 4 rings (SSSR count). The van der Waals surface area contributed by atoms with Crippen molar-refractivity contribution in [3.05, 3.63) is 102 Å². The molecule has 3 aromatic rings. The van der Waals surface area contributed by atoms with Gasteiger partial charge in [-0.1, -0.05) is 78.9 Å². The number of hydrogen-bond donors (Lipinski definition) is 0. The Morgan fingerprint density at radius 3 is 1.84 bits per heavy atom. The van der Waals surface area contributed by atoms with Crippen molar-refractivity contribution >= 4 is 15.9 Å². The number of carbonyl (C=O) groups excluding carboxylic acids is 1. The SMILES string of the molecule is O=C([C@@H]1CCCN(S(=O)(=O)c2ccccc2)C1)N(Cc1ccccc1)Cc1ccccc1. The van der Waals surface area contributed by atoms with Crippen molar-refractivity contribution in [2.24, 2.45) is 5.92 Å². The van der Waals surface area contributed by atoms with E-state index < -0.39 is 10.0 Å². The van der Waals surface area contributed by atoms with Crippen LogP contribution in [0.5, 0.6) is 0 Å². The highest BCUT2D eigenvalue weighted by Crippen LogP contribution is 2.26. The highest BCUT2D eigenvalue weighted by atomic mass is 32.2. The number of nitrogens with zero attached hydrogens (tertiary/aromatic N) is 2. The van der Waals surface area contributed by atoms with Crippen molar-refractivity contribution in [2.45, 2.75) is 30.8 Å². The molecule has 0 radical (unpaired) electrons. The highest BCUT2D eigenvalue weighted by Gasteiger charge is 2.35. The molecule has 1 atom stereocenters. The second-order valence-electron chi connectivity index (χ2n) is 8.18. The molecular weight excluding hydrogens is 420 g/mol. The number of benzene rings is 3. The van der Waals surface area contributed by atoms with Gasteiger partial charge in [-0.2, -0.15) is 4.31 Å². The van der Waals surface area contributed by atoms with Crippen LogP contribution in [0.25, 0.3) is 0 Å². The zero-order valence-corrected chi connectivity index (χ0v) is 18.8. The van der Waals surface area contributed by atoms with E-state index in [0.29, 0.717) is 32.5 Å². The molecule has 0 bridgehead atoms. The molecule has 166 valence electrons. The van der Waals surface area contributed by atoms with E-state index in [-0.39, 0.29) is 23.3 Å². The van der Waals surface area contributed by atoms with Crippen molar-refractivity contribution in [1.82, 2.24) is 9.21 Å². The summed E-state index contributed by atoms with van der Waals surface area (Å²) in [5.41, 5.74) is 2.11. The van der Waals surface area contributed by atoms with Crippen molar-refractivity contribution in [2.75, 3.05) is 13.1 Å². The Morgan fingerprint density at radius 2 is 1.31 bits per heavy atom. The molecule has 1 aliphatic heterocycles. The fourth-order valence-corrected chi connectivity index (χ4v) is 5.73. The van der Waals surface area contributed by atoms with Gasteiger partial charge in [-0.25, -0.2) is 8.42 Å². The summed E-state index contributed by atoms with van der Waals surface area (Å²) in [6.45, 7) is 1.65. The van der Waals surface area contributed by atoms with E-state index in [9.17, 15) is 13.2 Å². The summed E-state index contributed by atoms with van der Waals surface area (Å²) in [7, 11) is -3.61. The first-order chi connectivity index (χ1) is 15.5. The first-order valence-corrected chi connectivity index (χ1v) is 12.4. The second kappa shape index (κ2) is 10.1. The number of carbonyl (C=O) groups is 1. The van der Waals surface area contributed by atoms with Gasteiger partial charge in [0.1, 0.15) is 0 Å². The minimum Gasteiger partial charge on any atom is -0.334 e. The van der Waals surface area contributed by atoms with E-state index in [0.717, 1.165) is 11.1 Å². The normalized spacial score (nSPS) is 17.1. The summed E-state index contributed by atoms with van der Waals surface area (Å²) in [6.07, 6.45) is 1.37. The van der Waals surface area contributed by atoms with Crippen molar-refractivity contribution in [1.29, 1.82) is 0 Å². The first kappa shape index (κ1) is 22.2. The zero-order chi connectivity index (χ0) is 22.4. The Hall–Kier alpha value is -2.96. The Labute approximate surface area is 190 Å². The quantitative estimate of drug-likeness (QED) is 0.541. The molecule has 1 saturated heterocycles. The number of piperidine rings is 1. The van der Waals surface area contributed by atoms with Gasteiger partial charge >= 0.3 is 0 Å². The Balaban J connectivity index is 1.54. The standard InChI is InChI=1S/C26H28N2O3S/c29-26(24-15-10-18-28(21-24)32(30,31)25-16-8-3-9-17-25)27(19-22-11-4-1-5-12-22)20-23-13-6-2-7-14-23/h1-9,11-14,16-17,24H,10,15,18-21H2/t24-/m1/s1. The average molecular weight is 449 g/mol. The molecule has 0 aliphatic carbocycles. The van der Waals surface area contributed by atoms with E-state index in [1.165, 1.54) is 4.31 Å². The molecule has 1 fully saturated rings. The molecule has 6 heteroatoms. The minimum absolute atomic E-state index is 0.00525. The summed E-state index contributed by atoms with van der Waals surface area (Å²) < 4.78 is 27.7. The molecule has 3 aromatic carbocycles. The molecule has 1 amide bonds. The Bertz CT molecular complexity index is 1080. The van der Waals surface area contributed by atoms with E-state index >= 15 is 0 Å². The molecule has 0 aromatic heterocycles. The van der Waals surface area contributed by atoms with Gasteiger partial charge < -0.3 is 4.90 Å². The van der Waals surface area contributed by atoms with Crippen LogP contribution >= 0.6 is 0 Å². The fourth-order valence-electron chi connectivity index (χ4n) is 4.18. The van der Waals surface area contributed by atoms with Crippen LogP contribution in [0.4, 0.5) is 0 Å². The molecule has 1 heterocycles. The summed E-state index contributed by atoms with van der Waals surface area (Å²) in [5.74, 6) is -0.347. The summed E-state index contributed by atoms with van der Waals surface area (Å²) in [5, 5.41) is 0. The summed E-state index contributed by atoms with van der Waals surface area (Å²) >= 11 is 0. The van der Waals surface area contributed by atoms with Crippen LogP contribution in [0, 0.1) is 5.92 Å². The Kier molecular flexibility index (Phi) is 7.02. The lowest BCUT2D eigenvalue weighted by Crippen LogP contribution is -2.46. The smallest absolute Gasteiger partial charge is 0.243 e. The maximum atomic E-state index is 13.6. The molecule has 0 spiro atoms. The van der Waals surface area contributed by atoms with Crippen LogP contribution in [0.2, 0.25) is 0 Å². The maximum Gasteiger partial charge on any atom is 0.243 e. The first-order valence-electron chi connectivity index (χ1n) is 11.0. The van der Waals surface area contributed by atoms with Crippen molar-refractivity contribution in [3.8, 4) is 0 Å². The third-order valence-electron chi connectivity index (χ3n) is 5.86. The van der Waals surface area contributed by atoms with Crippen LogP contribution in [-0.2, 0) is 27.9 Å². The van der Waals surface area contributed by atoms with E-state index in [2.05, 4.69) is 0 Å². The predicted octanol–water partition coefficient (Wildman–Crippen LogP) is 4.32. The minimum atomic E-state index is -3.61. The number of amides is 1. The van der Waals surface area contributed by atoms with Gasteiger partial charge in [-0.05, 0) is 36.1 Å². The lowest BCUT2D eigenvalue weighted by molar-refractivity contribution is -0.138. The van der Waals surface area contributed by atoms with Crippen LogP contribution in [0.15, 0.2) is 95.9 Å². The van der Waals surface area contributed by atoms with Crippen molar-refractivity contribution < 1.29 is 13.2 Å². The van der Waals surface area contributed by atoms with E-state index in [4.69, 9.17) is 0 Å². The molecule has 0 unspecified atom stereocenters. The lowest BCUT2D eigenvalue weighted by atomic mass is 9.97. The van der Waals surface area contributed by atoms with Gasteiger partial charge in [0.15, 0.2) is 0 Å². The van der Waals surface area contributed by atoms with Gasteiger partial charge in [0.2, 0.25) is 15.9 Å². The largest absolute Gasteiger partial charge is 0.334 e. The fraction of sp³-hybridized carbons (Fsp3) is 0.269. The van der Waals surface area contributed by atoms with Gasteiger partial charge in [0.25, 0.3) is 0 Å². The topological polar surface area (TPSA) is 57.7 Å². The molecular formula is C26H28N2O3S. The van der Waals surface area contributed by atoms with Crippen LogP contribution in [-0.4, -0.2) is 36.6 Å². The van der Waals surface area contributed by atoms with Gasteiger partial charge in [-0.15, -0.1) is 0 Å². The van der Waals surface area contributed by atoms with Crippen LogP contribution in [0.1, 0.15) is 24.0 Å². The zero-order valence-electron chi connectivity index (χ0n) is 18.0. The molecule has 1 aliphatic rings. The summed E-state index contributed by atoms with van der Waals surface area (Å²) in [6, 6.07) is 28.3. The lowest BCUT2D eigenvalue weighted by Gasteiger charge is -2.34. The van der Waals surface area contributed by atoms with Gasteiger partial charge in [0.05, 0.1) is 10.8 Å². The number of hydrogen-bond acceptors (Lipinski definition) is 3. The molecule has 0 N–H and O–H groups in total. The van der Waals surface area contributed by atoms with E-state index in [1.54, 1.807) is 30.3 Å². The van der Waals surface area contributed by atoms with Crippen molar-refractivity contribution in [3.63, 3.8) is 0 Å². The number of rotatable bonds is 7. The van der Waals surface area contributed by atoms with Crippen LogP contribution < -0.4 is 0 Å². The van der Waals surface area contributed by atoms with E-state index in [1.807, 2.05) is 65.6 Å². The van der Waals surface area contributed by atoms with Gasteiger partial charge in [-0.3, -0.25) is 4.79 Å². The monoisotopic (exact) mass is 448 g/mol. The van der Waals surface area contributed by atoms with Gasteiger partial charge in [0, 0.05) is 26.2 Å². The molecule has 32 heavy (non-hydrogen) atoms. The highest BCUT2D eigenvalue weighted by molar-refractivity contribution is 7.89. The molecule has 5 nitrogen and oxygen atoms in total. The third kappa shape index (κ3) is 5.26. The average Bonchev–Trinajstić information content (AvgIpc) is 2.85. The molecule has 0 saturated carbocycles. The summed E-state index contributed by atoms with van der Waals surface area (Å²) in [4.78, 5) is 15.8. The third-order valence-corrected chi connectivity index (χ3v) is 7.74. The second-order valence-corrected chi connectivity index (χ2v) is 10.1. The Morgan fingerprint density at radius 1 is 0.812 bits per heavy atom. The number of sulfonamides is 1. The predicted molar refractivity (Wildman–Crippen MR) is 125 cm³/mol.